The number of thioether (sulfide) groups is 1. The van der Waals surface area contributed by atoms with Gasteiger partial charge >= 0.3 is 5.97 Å². The van der Waals surface area contributed by atoms with Crippen LogP contribution >= 0.6 is 11.8 Å². The van der Waals surface area contributed by atoms with Crippen molar-refractivity contribution in [2.45, 2.75) is 17.8 Å². The number of nitrogens with zero attached hydrogens (tertiary/aromatic N) is 3. The van der Waals surface area contributed by atoms with Gasteiger partial charge in [0, 0.05) is 18.2 Å². The van der Waals surface area contributed by atoms with Gasteiger partial charge in [-0.3, -0.25) is 0 Å². The smallest absolute Gasteiger partial charge is 0.371 e. The molecule has 0 aliphatic heterocycles. The number of aromatic nitrogens is 3. The maximum Gasteiger partial charge on any atom is 0.371 e. The fraction of sp³-hybridized carbons (Fsp3) is 0.214. The van der Waals surface area contributed by atoms with Gasteiger partial charge < -0.3 is 14.1 Å². The van der Waals surface area contributed by atoms with E-state index in [-0.39, 0.29) is 5.76 Å². The molecule has 7 heteroatoms. The van der Waals surface area contributed by atoms with Gasteiger partial charge in [0.25, 0.3) is 0 Å². The molecule has 108 valence electrons. The van der Waals surface area contributed by atoms with Crippen LogP contribution in [0, 0.1) is 6.92 Å². The SMILES string of the molecule is Cc1nnc(SCc2ccc3oc(C(=O)O)cc3c2)n1C. The zero-order chi connectivity index (χ0) is 15.0. The molecule has 3 aromatic rings. The Bertz CT molecular complexity index is 822. The number of aryl methyl sites for hydroxylation is 1. The molecule has 1 N–H and O–H groups in total. The maximum atomic E-state index is 10.9. The molecule has 0 aliphatic carbocycles. The van der Waals surface area contributed by atoms with Crippen molar-refractivity contribution in [3.05, 3.63) is 41.4 Å². The fourth-order valence-corrected chi connectivity index (χ4v) is 2.85. The molecule has 6 nitrogen and oxygen atoms in total. The predicted octanol–water partition coefficient (Wildman–Crippen LogP) is 2.86. The van der Waals surface area contributed by atoms with Crippen LogP contribution < -0.4 is 0 Å². The number of rotatable bonds is 4. The second-order valence-electron chi connectivity index (χ2n) is 4.67. The lowest BCUT2D eigenvalue weighted by molar-refractivity contribution is 0.0665. The Morgan fingerprint density at radius 2 is 2.19 bits per heavy atom. The predicted molar refractivity (Wildman–Crippen MR) is 78.5 cm³/mol. The van der Waals surface area contributed by atoms with Crippen LogP contribution in [0.3, 0.4) is 0 Å². The van der Waals surface area contributed by atoms with E-state index in [1.54, 1.807) is 17.8 Å². The average molecular weight is 303 g/mol. The van der Waals surface area contributed by atoms with Crippen molar-refractivity contribution in [2.75, 3.05) is 0 Å². The summed E-state index contributed by atoms with van der Waals surface area (Å²) in [5.41, 5.74) is 1.65. The average Bonchev–Trinajstić information content (AvgIpc) is 3.02. The number of aromatic carboxylic acids is 1. The molecule has 0 fully saturated rings. The molecule has 0 saturated heterocycles. The van der Waals surface area contributed by atoms with Crippen LogP contribution in [-0.2, 0) is 12.8 Å². The largest absolute Gasteiger partial charge is 0.475 e. The van der Waals surface area contributed by atoms with E-state index in [4.69, 9.17) is 9.52 Å². The van der Waals surface area contributed by atoms with E-state index < -0.39 is 5.97 Å². The van der Waals surface area contributed by atoms with E-state index in [0.717, 1.165) is 27.7 Å². The lowest BCUT2D eigenvalue weighted by atomic mass is 10.2. The number of carboxylic acids is 1. The normalized spacial score (nSPS) is 11.1. The van der Waals surface area contributed by atoms with Crippen molar-refractivity contribution in [3.8, 4) is 0 Å². The number of benzene rings is 1. The lowest BCUT2D eigenvalue weighted by Gasteiger charge is -2.02. The zero-order valence-corrected chi connectivity index (χ0v) is 12.3. The molecule has 0 amide bonds. The van der Waals surface area contributed by atoms with Gasteiger partial charge in [-0.25, -0.2) is 4.79 Å². The molecule has 2 heterocycles. The molecule has 0 unspecified atom stereocenters. The van der Waals surface area contributed by atoms with Gasteiger partial charge in [0.2, 0.25) is 5.76 Å². The highest BCUT2D eigenvalue weighted by atomic mass is 32.2. The van der Waals surface area contributed by atoms with E-state index in [1.807, 2.05) is 30.7 Å². The first-order valence-corrected chi connectivity index (χ1v) is 7.27. The van der Waals surface area contributed by atoms with Gasteiger partial charge in [-0.1, -0.05) is 17.8 Å². The molecule has 0 spiro atoms. The van der Waals surface area contributed by atoms with E-state index >= 15 is 0 Å². The Kier molecular flexibility index (Phi) is 3.42. The number of hydrogen-bond acceptors (Lipinski definition) is 5. The van der Waals surface area contributed by atoms with Crippen molar-refractivity contribution < 1.29 is 14.3 Å². The van der Waals surface area contributed by atoms with Crippen LogP contribution in [0.4, 0.5) is 0 Å². The molecule has 3 rings (SSSR count). The minimum absolute atomic E-state index is 0.0428. The number of furan rings is 1. The molecule has 0 bridgehead atoms. The molecular weight excluding hydrogens is 290 g/mol. The first-order valence-electron chi connectivity index (χ1n) is 6.29. The third-order valence-corrected chi connectivity index (χ3v) is 4.30. The third-order valence-electron chi connectivity index (χ3n) is 3.21. The second kappa shape index (κ2) is 5.25. The Labute approximate surface area is 124 Å². The number of carbonyl (C=O) groups is 1. The van der Waals surface area contributed by atoms with Crippen molar-refractivity contribution in [3.63, 3.8) is 0 Å². The van der Waals surface area contributed by atoms with Gasteiger partial charge in [0.15, 0.2) is 5.16 Å². The van der Waals surface area contributed by atoms with Crippen molar-refractivity contribution in [1.29, 1.82) is 0 Å². The Hall–Kier alpha value is -2.28. The quantitative estimate of drug-likeness (QED) is 0.746. The monoisotopic (exact) mass is 303 g/mol. The topological polar surface area (TPSA) is 81.2 Å². The summed E-state index contributed by atoms with van der Waals surface area (Å²) in [4.78, 5) is 10.9. The summed E-state index contributed by atoms with van der Waals surface area (Å²) in [5.74, 6) is 0.500. The zero-order valence-electron chi connectivity index (χ0n) is 11.5. The second-order valence-corrected chi connectivity index (χ2v) is 5.61. The highest BCUT2D eigenvalue weighted by molar-refractivity contribution is 7.98. The van der Waals surface area contributed by atoms with Gasteiger partial charge in [-0.15, -0.1) is 10.2 Å². The van der Waals surface area contributed by atoms with Crippen LogP contribution in [0.1, 0.15) is 21.9 Å². The molecule has 1 aromatic carbocycles. The lowest BCUT2D eigenvalue weighted by Crippen LogP contribution is -1.93. The van der Waals surface area contributed by atoms with Gasteiger partial charge in [-0.2, -0.15) is 0 Å². The van der Waals surface area contributed by atoms with Crippen LogP contribution in [0.2, 0.25) is 0 Å². The van der Waals surface area contributed by atoms with E-state index in [1.165, 1.54) is 6.07 Å². The molecule has 0 saturated carbocycles. The van der Waals surface area contributed by atoms with E-state index in [2.05, 4.69) is 10.2 Å². The first kappa shape index (κ1) is 13.7. The summed E-state index contributed by atoms with van der Waals surface area (Å²) in [6.45, 7) is 1.90. The number of fused-ring (bicyclic) bond motifs is 1. The van der Waals surface area contributed by atoms with Gasteiger partial charge in [0.05, 0.1) is 0 Å². The summed E-state index contributed by atoms with van der Waals surface area (Å²) in [5, 5.41) is 18.7. The van der Waals surface area contributed by atoms with Crippen LogP contribution in [0.15, 0.2) is 33.8 Å². The van der Waals surface area contributed by atoms with Gasteiger partial charge in [-0.05, 0) is 30.7 Å². The summed E-state index contributed by atoms with van der Waals surface area (Å²) >= 11 is 1.59. The van der Waals surface area contributed by atoms with E-state index in [9.17, 15) is 4.79 Å². The summed E-state index contributed by atoms with van der Waals surface area (Å²) < 4.78 is 7.17. The fourth-order valence-electron chi connectivity index (χ4n) is 1.95. The van der Waals surface area contributed by atoms with Crippen LogP contribution in [-0.4, -0.2) is 25.8 Å². The van der Waals surface area contributed by atoms with Crippen molar-refractivity contribution in [1.82, 2.24) is 14.8 Å². The van der Waals surface area contributed by atoms with Crippen molar-refractivity contribution in [2.24, 2.45) is 7.05 Å². The molecule has 2 aromatic heterocycles. The first-order chi connectivity index (χ1) is 10.0. The molecule has 0 aliphatic rings. The number of hydrogen-bond donors (Lipinski definition) is 1. The summed E-state index contributed by atoms with van der Waals surface area (Å²) in [7, 11) is 1.93. The molecule has 0 radical (unpaired) electrons. The Morgan fingerprint density at radius 1 is 1.38 bits per heavy atom. The highest BCUT2D eigenvalue weighted by Crippen LogP contribution is 2.25. The van der Waals surface area contributed by atoms with Gasteiger partial charge in [0.1, 0.15) is 11.4 Å². The summed E-state index contributed by atoms with van der Waals surface area (Å²) in [6.07, 6.45) is 0. The molecular formula is C14H13N3O3S. The Morgan fingerprint density at radius 3 is 2.86 bits per heavy atom. The minimum Gasteiger partial charge on any atom is -0.475 e. The third kappa shape index (κ3) is 2.64. The van der Waals surface area contributed by atoms with E-state index in [0.29, 0.717) is 5.58 Å². The highest BCUT2D eigenvalue weighted by Gasteiger charge is 2.11. The van der Waals surface area contributed by atoms with Crippen LogP contribution in [0.25, 0.3) is 11.0 Å². The Balaban J connectivity index is 1.81. The standard InChI is InChI=1S/C14H13N3O3S/c1-8-15-16-14(17(8)2)21-7-9-3-4-11-10(5-9)6-12(20-11)13(18)19/h3-6H,7H2,1-2H3,(H,18,19). The van der Waals surface area contributed by atoms with Crippen LogP contribution in [0.5, 0.6) is 0 Å². The maximum absolute atomic E-state index is 10.9. The molecule has 21 heavy (non-hydrogen) atoms. The minimum atomic E-state index is -1.06. The molecule has 0 atom stereocenters. The van der Waals surface area contributed by atoms with Crippen molar-refractivity contribution >= 4 is 28.7 Å². The number of carboxylic acid groups (broad SMARTS) is 1. The summed E-state index contributed by atoms with van der Waals surface area (Å²) in [6, 6.07) is 7.19.